The minimum Gasteiger partial charge on any atom is -0.388 e. The van der Waals surface area contributed by atoms with Crippen LogP contribution >= 0.6 is 11.8 Å². The predicted molar refractivity (Wildman–Crippen MR) is 77.8 cm³/mol. The third kappa shape index (κ3) is 5.61. The Balaban J connectivity index is 2.24. The second kappa shape index (κ2) is 7.39. The molecule has 2 N–H and O–H groups in total. The highest BCUT2D eigenvalue weighted by atomic mass is 32.2. The van der Waals surface area contributed by atoms with Crippen molar-refractivity contribution in [2.45, 2.75) is 63.7 Å². The lowest BCUT2D eigenvalue weighted by atomic mass is 9.78. The van der Waals surface area contributed by atoms with Gasteiger partial charge in [-0.3, -0.25) is 4.79 Å². The van der Waals surface area contributed by atoms with Gasteiger partial charge in [-0.15, -0.1) is 11.8 Å². The first kappa shape index (κ1) is 15.8. The van der Waals surface area contributed by atoms with Gasteiger partial charge in [0, 0.05) is 6.54 Å². The van der Waals surface area contributed by atoms with Crippen molar-refractivity contribution < 1.29 is 9.90 Å². The lowest BCUT2D eigenvalue weighted by Gasteiger charge is -2.35. The zero-order valence-corrected chi connectivity index (χ0v) is 12.7. The second-order valence-corrected chi connectivity index (χ2v) is 7.28. The third-order valence-electron chi connectivity index (χ3n) is 3.78. The van der Waals surface area contributed by atoms with E-state index >= 15 is 0 Å². The van der Waals surface area contributed by atoms with Crippen molar-refractivity contribution >= 4 is 17.7 Å². The molecule has 1 amide bonds. The molecule has 1 saturated carbocycles. The average Bonchev–Trinajstić information content (AvgIpc) is 2.35. The molecule has 106 valence electrons. The molecule has 3 nitrogen and oxygen atoms in total. The van der Waals surface area contributed by atoms with E-state index in [1.807, 2.05) is 0 Å². The molecule has 1 aliphatic carbocycles. The standard InChI is InChI=1S/C14H27NO2S/c1-4-12-5-7-14(17,8-6-12)10-15-13(16)9-18-11(2)3/h11-12,17H,4-10H2,1-3H3,(H,15,16). The summed E-state index contributed by atoms with van der Waals surface area (Å²) in [5, 5.41) is 13.7. The number of hydrogen-bond acceptors (Lipinski definition) is 3. The van der Waals surface area contributed by atoms with Crippen LogP contribution in [-0.4, -0.2) is 34.2 Å². The summed E-state index contributed by atoms with van der Waals surface area (Å²) in [6.07, 6.45) is 5.02. The first-order valence-electron chi connectivity index (χ1n) is 7.06. The SMILES string of the molecule is CCC1CCC(O)(CNC(=O)CSC(C)C)CC1. The van der Waals surface area contributed by atoms with Gasteiger partial charge in [-0.1, -0.05) is 27.2 Å². The smallest absolute Gasteiger partial charge is 0.230 e. The van der Waals surface area contributed by atoms with Crippen molar-refractivity contribution in [2.75, 3.05) is 12.3 Å². The van der Waals surface area contributed by atoms with Crippen molar-refractivity contribution in [1.29, 1.82) is 0 Å². The second-order valence-electron chi connectivity index (χ2n) is 5.71. The van der Waals surface area contributed by atoms with Gasteiger partial charge in [0.25, 0.3) is 0 Å². The minimum atomic E-state index is -0.663. The van der Waals surface area contributed by atoms with Gasteiger partial charge in [0.05, 0.1) is 11.4 Å². The number of thioether (sulfide) groups is 1. The maximum absolute atomic E-state index is 11.6. The Bertz CT molecular complexity index is 261. The molecule has 0 aromatic carbocycles. The lowest BCUT2D eigenvalue weighted by Crippen LogP contribution is -2.45. The maximum Gasteiger partial charge on any atom is 0.230 e. The van der Waals surface area contributed by atoms with Gasteiger partial charge >= 0.3 is 0 Å². The molecule has 0 bridgehead atoms. The number of amides is 1. The summed E-state index contributed by atoms with van der Waals surface area (Å²) < 4.78 is 0. The Kier molecular flexibility index (Phi) is 6.50. The molecule has 0 aromatic rings. The topological polar surface area (TPSA) is 49.3 Å². The monoisotopic (exact) mass is 273 g/mol. The summed E-state index contributed by atoms with van der Waals surface area (Å²) in [5.74, 6) is 1.29. The van der Waals surface area contributed by atoms with Crippen LogP contribution in [0.4, 0.5) is 0 Å². The van der Waals surface area contributed by atoms with Gasteiger partial charge < -0.3 is 10.4 Å². The lowest BCUT2D eigenvalue weighted by molar-refractivity contribution is -0.120. The number of carbonyl (C=O) groups is 1. The molecule has 0 saturated heterocycles. The van der Waals surface area contributed by atoms with Crippen LogP contribution in [0.25, 0.3) is 0 Å². The van der Waals surface area contributed by atoms with Gasteiger partial charge in [0.2, 0.25) is 5.91 Å². The molecule has 1 fully saturated rings. The fourth-order valence-electron chi connectivity index (χ4n) is 2.36. The third-order valence-corrected chi connectivity index (χ3v) is 4.87. The van der Waals surface area contributed by atoms with Crippen LogP contribution in [0.15, 0.2) is 0 Å². The van der Waals surface area contributed by atoms with E-state index in [-0.39, 0.29) is 5.91 Å². The van der Waals surface area contributed by atoms with Crippen LogP contribution in [-0.2, 0) is 4.79 Å². The van der Waals surface area contributed by atoms with Gasteiger partial charge in [0.1, 0.15) is 0 Å². The maximum atomic E-state index is 11.6. The van der Waals surface area contributed by atoms with Crippen LogP contribution in [0.2, 0.25) is 0 Å². The minimum absolute atomic E-state index is 0.0414. The van der Waals surface area contributed by atoms with Gasteiger partial charge in [-0.05, 0) is 36.9 Å². The van der Waals surface area contributed by atoms with Crippen molar-refractivity contribution in [3.8, 4) is 0 Å². The van der Waals surface area contributed by atoms with Gasteiger partial charge in [0.15, 0.2) is 0 Å². The molecule has 18 heavy (non-hydrogen) atoms. The molecular formula is C14H27NO2S. The number of carbonyl (C=O) groups excluding carboxylic acids is 1. The summed E-state index contributed by atoms with van der Waals surface area (Å²) in [5.41, 5.74) is -0.663. The number of aliphatic hydroxyl groups is 1. The predicted octanol–water partition coefficient (Wildman–Crippen LogP) is 2.58. The van der Waals surface area contributed by atoms with E-state index in [2.05, 4.69) is 26.1 Å². The van der Waals surface area contributed by atoms with E-state index in [0.29, 0.717) is 17.5 Å². The van der Waals surface area contributed by atoms with Crippen LogP contribution in [0.3, 0.4) is 0 Å². The van der Waals surface area contributed by atoms with Crippen molar-refractivity contribution in [1.82, 2.24) is 5.32 Å². The molecule has 1 rings (SSSR count). The highest BCUT2D eigenvalue weighted by molar-refractivity contribution is 8.00. The fraction of sp³-hybridized carbons (Fsp3) is 0.929. The van der Waals surface area contributed by atoms with E-state index in [9.17, 15) is 9.90 Å². The molecule has 1 aliphatic rings. The zero-order valence-electron chi connectivity index (χ0n) is 11.9. The molecule has 0 atom stereocenters. The normalized spacial score (nSPS) is 28.4. The highest BCUT2D eigenvalue weighted by Gasteiger charge is 2.32. The van der Waals surface area contributed by atoms with E-state index in [4.69, 9.17) is 0 Å². The molecule has 0 aromatic heterocycles. The summed E-state index contributed by atoms with van der Waals surface area (Å²) in [6.45, 7) is 6.79. The highest BCUT2D eigenvalue weighted by Crippen LogP contribution is 2.33. The zero-order chi connectivity index (χ0) is 13.6. The largest absolute Gasteiger partial charge is 0.388 e. The van der Waals surface area contributed by atoms with Crippen LogP contribution in [0.5, 0.6) is 0 Å². The summed E-state index contributed by atoms with van der Waals surface area (Å²) >= 11 is 1.64. The fourth-order valence-corrected chi connectivity index (χ4v) is 2.94. The molecular weight excluding hydrogens is 246 g/mol. The van der Waals surface area contributed by atoms with E-state index in [0.717, 1.165) is 31.6 Å². The van der Waals surface area contributed by atoms with E-state index < -0.39 is 5.60 Å². The Morgan fingerprint density at radius 3 is 2.56 bits per heavy atom. The van der Waals surface area contributed by atoms with Crippen LogP contribution in [0.1, 0.15) is 52.9 Å². The Hall–Kier alpha value is -0.220. The molecule has 0 heterocycles. The quantitative estimate of drug-likeness (QED) is 0.782. The van der Waals surface area contributed by atoms with Crippen molar-refractivity contribution in [3.05, 3.63) is 0 Å². The Morgan fingerprint density at radius 2 is 2.06 bits per heavy atom. The number of rotatable bonds is 6. The molecule has 0 radical (unpaired) electrons. The van der Waals surface area contributed by atoms with Gasteiger partial charge in [-0.2, -0.15) is 0 Å². The molecule has 4 heteroatoms. The first-order chi connectivity index (χ1) is 8.45. The first-order valence-corrected chi connectivity index (χ1v) is 8.11. The van der Waals surface area contributed by atoms with Gasteiger partial charge in [-0.25, -0.2) is 0 Å². The van der Waals surface area contributed by atoms with Crippen molar-refractivity contribution in [2.24, 2.45) is 5.92 Å². The van der Waals surface area contributed by atoms with Crippen LogP contribution < -0.4 is 5.32 Å². The van der Waals surface area contributed by atoms with E-state index in [1.54, 1.807) is 11.8 Å². The molecule has 0 unspecified atom stereocenters. The summed E-state index contributed by atoms with van der Waals surface area (Å²) in [6, 6.07) is 0. The molecule has 0 spiro atoms. The summed E-state index contributed by atoms with van der Waals surface area (Å²) in [4.78, 5) is 11.6. The summed E-state index contributed by atoms with van der Waals surface area (Å²) in [7, 11) is 0. The number of hydrogen-bond donors (Lipinski definition) is 2. The average molecular weight is 273 g/mol. The number of nitrogens with one attached hydrogen (secondary N) is 1. The van der Waals surface area contributed by atoms with Crippen LogP contribution in [0, 0.1) is 5.92 Å². The Labute approximate surface area is 115 Å². The Morgan fingerprint density at radius 1 is 1.44 bits per heavy atom. The molecule has 0 aliphatic heterocycles. The van der Waals surface area contributed by atoms with E-state index in [1.165, 1.54) is 6.42 Å². The van der Waals surface area contributed by atoms with Crippen molar-refractivity contribution in [3.63, 3.8) is 0 Å².